The maximum atomic E-state index is 11.1. The SMILES string of the molecule is CCOCc1cnn(C(C)C)c1C(=O)O. The molecule has 1 rings (SSSR count). The minimum absolute atomic E-state index is 0.0338. The van der Waals surface area contributed by atoms with Gasteiger partial charge >= 0.3 is 5.97 Å². The van der Waals surface area contributed by atoms with E-state index < -0.39 is 5.97 Å². The highest BCUT2D eigenvalue weighted by atomic mass is 16.5. The topological polar surface area (TPSA) is 64.4 Å². The van der Waals surface area contributed by atoms with Crippen LogP contribution in [0.4, 0.5) is 0 Å². The summed E-state index contributed by atoms with van der Waals surface area (Å²) in [6.07, 6.45) is 1.55. The number of carbonyl (C=O) groups is 1. The van der Waals surface area contributed by atoms with Crippen LogP contribution in [0, 0.1) is 0 Å². The molecule has 0 saturated carbocycles. The summed E-state index contributed by atoms with van der Waals surface area (Å²) in [6.45, 7) is 6.51. The van der Waals surface area contributed by atoms with Crippen LogP contribution in [0.3, 0.4) is 0 Å². The van der Waals surface area contributed by atoms with E-state index in [4.69, 9.17) is 9.84 Å². The van der Waals surface area contributed by atoms with Crippen LogP contribution in [0.5, 0.6) is 0 Å². The fourth-order valence-electron chi connectivity index (χ4n) is 1.34. The minimum Gasteiger partial charge on any atom is -0.477 e. The lowest BCUT2D eigenvalue weighted by Crippen LogP contribution is -2.14. The Morgan fingerprint density at radius 3 is 2.80 bits per heavy atom. The second kappa shape index (κ2) is 4.93. The van der Waals surface area contributed by atoms with Crippen LogP contribution < -0.4 is 0 Å². The third-order valence-corrected chi connectivity index (χ3v) is 2.02. The Hall–Kier alpha value is -1.36. The van der Waals surface area contributed by atoms with Gasteiger partial charge in [0.05, 0.1) is 12.8 Å². The smallest absolute Gasteiger partial charge is 0.354 e. The van der Waals surface area contributed by atoms with Gasteiger partial charge < -0.3 is 9.84 Å². The predicted molar refractivity (Wildman–Crippen MR) is 54.9 cm³/mol. The van der Waals surface area contributed by atoms with Crippen molar-refractivity contribution in [1.29, 1.82) is 0 Å². The van der Waals surface area contributed by atoms with E-state index in [2.05, 4.69) is 5.10 Å². The van der Waals surface area contributed by atoms with Gasteiger partial charge in [-0.05, 0) is 20.8 Å². The van der Waals surface area contributed by atoms with Gasteiger partial charge in [-0.25, -0.2) is 4.79 Å². The van der Waals surface area contributed by atoms with Crippen molar-refractivity contribution in [2.24, 2.45) is 0 Å². The molecule has 84 valence electrons. The summed E-state index contributed by atoms with van der Waals surface area (Å²) in [5, 5.41) is 13.1. The van der Waals surface area contributed by atoms with Gasteiger partial charge in [0.25, 0.3) is 0 Å². The molecule has 1 aromatic rings. The number of nitrogens with zero attached hydrogens (tertiary/aromatic N) is 2. The van der Waals surface area contributed by atoms with Crippen molar-refractivity contribution in [2.75, 3.05) is 6.61 Å². The maximum absolute atomic E-state index is 11.1. The number of hydrogen-bond acceptors (Lipinski definition) is 3. The molecule has 0 radical (unpaired) electrons. The highest BCUT2D eigenvalue weighted by Crippen LogP contribution is 2.14. The van der Waals surface area contributed by atoms with Gasteiger partial charge in [0.1, 0.15) is 0 Å². The Labute approximate surface area is 88.7 Å². The van der Waals surface area contributed by atoms with Gasteiger partial charge in [-0.2, -0.15) is 5.10 Å². The van der Waals surface area contributed by atoms with Crippen LogP contribution >= 0.6 is 0 Å². The average Bonchev–Trinajstić information content (AvgIpc) is 2.58. The molecule has 5 nitrogen and oxygen atoms in total. The summed E-state index contributed by atoms with van der Waals surface area (Å²) >= 11 is 0. The van der Waals surface area contributed by atoms with Gasteiger partial charge in [0.15, 0.2) is 5.69 Å². The zero-order valence-corrected chi connectivity index (χ0v) is 9.23. The first-order valence-electron chi connectivity index (χ1n) is 4.95. The molecule has 15 heavy (non-hydrogen) atoms. The normalized spacial score (nSPS) is 10.9. The van der Waals surface area contributed by atoms with E-state index in [0.29, 0.717) is 18.8 Å². The molecular formula is C10H16N2O3. The molecule has 0 bridgehead atoms. The van der Waals surface area contributed by atoms with E-state index in [1.807, 2.05) is 20.8 Å². The molecule has 0 aromatic carbocycles. The fraction of sp³-hybridized carbons (Fsp3) is 0.600. The largest absolute Gasteiger partial charge is 0.477 e. The van der Waals surface area contributed by atoms with E-state index in [9.17, 15) is 4.79 Å². The van der Waals surface area contributed by atoms with Gasteiger partial charge in [0, 0.05) is 18.2 Å². The van der Waals surface area contributed by atoms with Gasteiger partial charge in [0.2, 0.25) is 0 Å². The monoisotopic (exact) mass is 212 g/mol. The number of rotatable bonds is 5. The molecule has 0 aliphatic heterocycles. The zero-order valence-electron chi connectivity index (χ0n) is 9.23. The Morgan fingerprint density at radius 1 is 1.67 bits per heavy atom. The van der Waals surface area contributed by atoms with Crippen molar-refractivity contribution in [3.8, 4) is 0 Å². The molecule has 0 unspecified atom stereocenters. The standard InChI is InChI=1S/C10H16N2O3/c1-4-15-6-8-5-11-12(7(2)3)9(8)10(13)14/h5,7H,4,6H2,1-3H3,(H,13,14). The molecule has 0 aliphatic rings. The summed E-state index contributed by atoms with van der Waals surface area (Å²) in [5.41, 5.74) is 0.844. The van der Waals surface area contributed by atoms with Gasteiger partial charge in [-0.1, -0.05) is 0 Å². The lowest BCUT2D eigenvalue weighted by molar-refractivity contribution is 0.0672. The summed E-state index contributed by atoms with van der Waals surface area (Å²) in [5.74, 6) is -0.962. The molecule has 0 spiro atoms. The van der Waals surface area contributed by atoms with Gasteiger partial charge in [-0.3, -0.25) is 4.68 Å². The number of carboxylic acids is 1. The van der Waals surface area contributed by atoms with E-state index in [1.165, 1.54) is 4.68 Å². The lowest BCUT2D eigenvalue weighted by atomic mass is 10.2. The number of carboxylic acid groups (broad SMARTS) is 1. The third kappa shape index (κ3) is 2.56. The number of aromatic carboxylic acids is 1. The maximum Gasteiger partial charge on any atom is 0.354 e. The summed E-state index contributed by atoms with van der Waals surface area (Å²) in [7, 11) is 0. The molecule has 0 aliphatic carbocycles. The molecule has 0 fully saturated rings. The summed E-state index contributed by atoms with van der Waals surface area (Å²) in [6, 6.07) is 0.0338. The molecule has 1 N–H and O–H groups in total. The average molecular weight is 212 g/mol. The Bertz CT molecular complexity index is 344. The van der Waals surface area contributed by atoms with Crippen molar-refractivity contribution in [3.05, 3.63) is 17.5 Å². The molecular weight excluding hydrogens is 196 g/mol. The van der Waals surface area contributed by atoms with Crippen LogP contribution in [0.1, 0.15) is 42.9 Å². The van der Waals surface area contributed by atoms with Crippen molar-refractivity contribution in [3.63, 3.8) is 0 Å². The van der Waals surface area contributed by atoms with E-state index in [-0.39, 0.29) is 11.7 Å². The van der Waals surface area contributed by atoms with Gasteiger partial charge in [-0.15, -0.1) is 0 Å². The van der Waals surface area contributed by atoms with Crippen LogP contribution in [0.2, 0.25) is 0 Å². The molecule has 0 atom stereocenters. The van der Waals surface area contributed by atoms with E-state index >= 15 is 0 Å². The number of aromatic nitrogens is 2. The zero-order chi connectivity index (χ0) is 11.4. The summed E-state index contributed by atoms with van der Waals surface area (Å²) < 4.78 is 6.68. The molecule has 0 saturated heterocycles. The molecule has 1 heterocycles. The first-order chi connectivity index (χ1) is 7.07. The van der Waals surface area contributed by atoms with E-state index in [1.54, 1.807) is 6.20 Å². The lowest BCUT2D eigenvalue weighted by Gasteiger charge is -2.08. The highest BCUT2D eigenvalue weighted by molar-refractivity contribution is 5.87. The van der Waals surface area contributed by atoms with Crippen LogP contribution in [-0.2, 0) is 11.3 Å². The third-order valence-electron chi connectivity index (χ3n) is 2.02. The molecule has 1 aromatic heterocycles. The Balaban J connectivity index is 3.01. The Morgan fingerprint density at radius 2 is 2.33 bits per heavy atom. The highest BCUT2D eigenvalue weighted by Gasteiger charge is 2.18. The predicted octanol–water partition coefficient (Wildman–Crippen LogP) is 1.70. The minimum atomic E-state index is -0.962. The molecule has 0 amide bonds. The van der Waals surface area contributed by atoms with Crippen molar-refractivity contribution in [1.82, 2.24) is 9.78 Å². The Kier molecular flexibility index (Phi) is 3.85. The van der Waals surface area contributed by atoms with E-state index in [0.717, 1.165) is 0 Å². The van der Waals surface area contributed by atoms with Crippen molar-refractivity contribution in [2.45, 2.75) is 33.4 Å². The quantitative estimate of drug-likeness (QED) is 0.806. The second-order valence-electron chi connectivity index (χ2n) is 3.50. The summed E-state index contributed by atoms with van der Waals surface area (Å²) in [4.78, 5) is 11.1. The van der Waals surface area contributed by atoms with Crippen LogP contribution in [0.15, 0.2) is 6.20 Å². The fourth-order valence-corrected chi connectivity index (χ4v) is 1.34. The first-order valence-corrected chi connectivity index (χ1v) is 4.95. The molecule has 5 heteroatoms. The van der Waals surface area contributed by atoms with Crippen LogP contribution in [0.25, 0.3) is 0 Å². The van der Waals surface area contributed by atoms with Crippen molar-refractivity contribution < 1.29 is 14.6 Å². The van der Waals surface area contributed by atoms with Crippen LogP contribution in [-0.4, -0.2) is 27.5 Å². The second-order valence-corrected chi connectivity index (χ2v) is 3.50. The number of hydrogen-bond donors (Lipinski definition) is 1. The number of ether oxygens (including phenoxy) is 1. The van der Waals surface area contributed by atoms with Crippen molar-refractivity contribution >= 4 is 5.97 Å². The first kappa shape index (κ1) is 11.7.